The van der Waals surface area contributed by atoms with Crippen molar-refractivity contribution in [3.63, 3.8) is 0 Å². The van der Waals surface area contributed by atoms with E-state index in [4.69, 9.17) is 4.99 Å². The van der Waals surface area contributed by atoms with Crippen LogP contribution in [0, 0.1) is 11.8 Å². The molecular formula is C22H35IN4. The van der Waals surface area contributed by atoms with Gasteiger partial charge in [-0.25, -0.2) is 0 Å². The number of guanidine groups is 1. The third-order valence-electron chi connectivity index (χ3n) is 6.17. The van der Waals surface area contributed by atoms with E-state index in [1.807, 2.05) is 0 Å². The van der Waals surface area contributed by atoms with Gasteiger partial charge in [-0.2, -0.15) is 0 Å². The van der Waals surface area contributed by atoms with Crippen molar-refractivity contribution < 1.29 is 0 Å². The summed E-state index contributed by atoms with van der Waals surface area (Å²) in [6.07, 6.45) is 6.65. The molecule has 1 saturated carbocycles. The summed E-state index contributed by atoms with van der Waals surface area (Å²) < 4.78 is 0. The lowest BCUT2D eigenvalue weighted by Crippen LogP contribution is -2.40. The Morgan fingerprint density at radius 2 is 1.81 bits per heavy atom. The smallest absolute Gasteiger partial charge is 0.193 e. The minimum atomic E-state index is 0. The van der Waals surface area contributed by atoms with Gasteiger partial charge in [0.2, 0.25) is 0 Å². The Hall–Kier alpha value is -0.820. The zero-order valence-corrected chi connectivity index (χ0v) is 19.0. The second-order valence-corrected chi connectivity index (χ2v) is 8.37. The fraction of sp³-hybridized carbons (Fsp3) is 0.682. The highest BCUT2D eigenvalue weighted by atomic mass is 127. The third kappa shape index (κ3) is 5.83. The molecule has 0 radical (unpaired) electrons. The van der Waals surface area contributed by atoms with Crippen molar-refractivity contribution in [1.29, 1.82) is 0 Å². The van der Waals surface area contributed by atoms with E-state index in [1.165, 1.54) is 50.8 Å². The minimum Gasteiger partial charge on any atom is -0.357 e. The predicted molar refractivity (Wildman–Crippen MR) is 124 cm³/mol. The van der Waals surface area contributed by atoms with Crippen molar-refractivity contribution in [3.8, 4) is 0 Å². The number of aliphatic imine (C=N–C) groups is 1. The van der Waals surface area contributed by atoms with Gasteiger partial charge in [-0.3, -0.25) is 4.99 Å². The van der Waals surface area contributed by atoms with E-state index in [2.05, 4.69) is 52.4 Å². The zero-order chi connectivity index (χ0) is 17.8. The lowest BCUT2D eigenvalue weighted by Gasteiger charge is -2.22. The number of hydrogen-bond donors (Lipinski definition) is 1. The molecule has 1 aliphatic carbocycles. The number of benzene rings is 1. The van der Waals surface area contributed by atoms with Gasteiger partial charge in [0, 0.05) is 38.8 Å². The van der Waals surface area contributed by atoms with Gasteiger partial charge in [0.1, 0.15) is 0 Å². The summed E-state index contributed by atoms with van der Waals surface area (Å²) in [5.74, 6) is 2.65. The fourth-order valence-corrected chi connectivity index (χ4v) is 4.56. The minimum absolute atomic E-state index is 0. The molecule has 2 heterocycles. The van der Waals surface area contributed by atoms with Gasteiger partial charge in [-0.05, 0) is 63.0 Å². The molecule has 2 atom stereocenters. The Morgan fingerprint density at radius 3 is 2.56 bits per heavy atom. The highest BCUT2D eigenvalue weighted by Gasteiger charge is 2.34. The molecule has 4 nitrogen and oxygen atoms in total. The van der Waals surface area contributed by atoms with Crippen molar-refractivity contribution in [2.24, 2.45) is 16.8 Å². The van der Waals surface area contributed by atoms with Gasteiger partial charge in [-0.15, -0.1) is 24.0 Å². The predicted octanol–water partition coefficient (Wildman–Crippen LogP) is 3.62. The van der Waals surface area contributed by atoms with Gasteiger partial charge in [0.25, 0.3) is 0 Å². The van der Waals surface area contributed by atoms with E-state index in [9.17, 15) is 0 Å². The standard InChI is InChI=1S/C22H34N4.HI/c1-2-23-22(24-15-20-11-12-25(17-20)21-8-9-21)26-13-10-19(16-26)14-18-6-4-3-5-7-18;/h3-7,19-21H,2,8-17H2,1H3,(H,23,24);1H. The summed E-state index contributed by atoms with van der Waals surface area (Å²) in [5, 5.41) is 3.54. The maximum absolute atomic E-state index is 5.04. The van der Waals surface area contributed by atoms with E-state index in [-0.39, 0.29) is 24.0 Å². The van der Waals surface area contributed by atoms with Gasteiger partial charge >= 0.3 is 0 Å². The monoisotopic (exact) mass is 482 g/mol. The lowest BCUT2D eigenvalue weighted by molar-refractivity contribution is 0.315. The van der Waals surface area contributed by atoms with E-state index in [1.54, 1.807) is 0 Å². The van der Waals surface area contributed by atoms with Crippen molar-refractivity contribution in [2.75, 3.05) is 39.3 Å². The molecule has 2 saturated heterocycles. The second kappa shape index (κ2) is 10.1. The van der Waals surface area contributed by atoms with Gasteiger partial charge < -0.3 is 15.1 Å². The Kier molecular flexibility index (Phi) is 7.82. The number of nitrogens with zero attached hydrogens (tertiary/aromatic N) is 3. The fourth-order valence-electron chi connectivity index (χ4n) is 4.56. The average Bonchev–Trinajstić information content (AvgIpc) is 3.23. The SMILES string of the molecule is CCNC(=NCC1CCN(C2CC2)C1)N1CCC(Cc2ccccc2)C1.I. The maximum Gasteiger partial charge on any atom is 0.193 e. The Morgan fingerprint density at radius 1 is 1.04 bits per heavy atom. The molecule has 0 spiro atoms. The molecule has 27 heavy (non-hydrogen) atoms. The molecule has 0 aromatic heterocycles. The van der Waals surface area contributed by atoms with Gasteiger partial charge in [-0.1, -0.05) is 30.3 Å². The first kappa shape index (κ1) is 20.9. The molecule has 2 unspecified atom stereocenters. The van der Waals surface area contributed by atoms with Crippen molar-refractivity contribution in [3.05, 3.63) is 35.9 Å². The Labute approximate surface area is 181 Å². The van der Waals surface area contributed by atoms with E-state index in [0.29, 0.717) is 0 Å². The molecule has 5 heteroatoms. The van der Waals surface area contributed by atoms with Crippen LogP contribution in [0.15, 0.2) is 35.3 Å². The van der Waals surface area contributed by atoms with Crippen LogP contribution in [0.3, 0.4) is 0 Å². The van der Waals surface area contributed by atoms with Crippen molar-refractivity contribution in [2.45, 2.75) is 45.1 Å². The molecular weight excluding hydrogens is 447 g/mol. The topological polar surface area (TPSA) is 30.9 Å². The van der Waals surface area contributed by atoms with E-state index < -0.39 is 0 Å². The summed E-state index contributed by atoms with van der Waals surface area (Å²) in [5.41, 5.74) is 1.47. The first-order chi connectivity index (χ1) is 12.8. The lowest BCUT2D eigenvalue weighted by atomic mass is 9.99. The average molecular weight is 482 g/mol. The molecule has 150 valence electrons. The van der Waals surface area contributed by atoms with Crippen LogP contribution < -0.4 is 5.32 Å². The summed E-state index contributed by atoms with van der Waals surface area (Å²) in [4.78, 5) is 10.2. The largest absolute Gasteiger partial charge is 0.357 e. The van der Waals surface area contributed by atoms with Crippen LogP contribution in [-0.2, 0) is 6.42 Å². The zero-order valence-electron chi connectivity index (χ0n) is 16.6. The van der Waals surface area contributed by atoms with E-state index >= 15 is 0 Å². The highest BCUT2D eigenvalue weighted by molar-refractivity contribution is 14.0. The molecule has 3 aliphatic rings. The molecule has 3 fully saturated rings. The molecule has 1 aromatic carbocycles. The summed E-state index contributed by atoms with van der Waals surface area (Å²) >= 11 is 0. The van der Waals surface area contributed by atoms with Crippen molar-refractivity contribution in [1.82, 2.24) is 15.1 Å². The molecule has 4 rings (SSSR count). The van der Waals surface area contributed by atoms with Crippen LogP contribution in [-0.4, -0.2) is 61.1 Å². The quantitative estimate of drug-likeness (QED) is 0.382. The third-order valence-corrected chi connectivity index (χ3v) is 6.17. The van der Waals surface area contributed by atoms with Gasteiger partial charge in [0.15, 0.2) is 5.96 Å². The maximum atomic E-state index is 5.04. The number of rotatable bonds is 6. The summed E-state index contributed by atoms with van der Waals surface area (Å²) in [6, 6.07) is 11.8. The number of nitrogens with one attached hydrogen (secondary N) is 1. The Bertz CT molecular complexity index is 602. The molecule has 0 bridgehead atoms. The first-order valence-corrected chi connectivity index (χ1v) is 10.6. The normalized spacial score (nSPS) is 26.3. The van der Waals surface area contributed by atoms with Crippen molar-refractivity contribution >= 4 is 29.9 Å². The van der Waals surface area contributed by atoms with Crippen LogP contribution in [0.4, 0.5) is 0 Å². The Balaban J connectivity index is 0.00000210. The molecule has 0 amide bonds. The van der Waals surface area contributed by atoms with Crippen LogP contribution in [0.1, 0.15) is 38.2 Å². The van der Waals surface area contributed by atoms with Crippen LogP contribution in [0.2, 0.25) is 0 Å². The van der Waals surface area contributed by atoms with Crippen LogP contribution in [0.5, 0.6) is 0 Å². The van der Waals surface area contributed by atoms with Gasteiger partial charge in [0.05, 0.1) is 0 Å². The van der Waals surface area contributed by atoms with Crippen LogP contribution >= 0.6 is 24.0 Å². The number of hydrogen-bond acceptors (Lipinski definition) is 2. The molecule has 1 N–H and O–H groups in total. The number of likely N-dealkylation sites (tertiary alicyclic amines) is 2. The van der Waals surface area contributed by atoms with Crippen LogP contribution in [0.25, 0.3) is 0 Å². The van der Waals surface area contributed by atoms with E-state index in [0.717, 1.165) is 50.0 Å². The number of halogens is 1. The summed E-state index contributed by atoms with van der Waals surface area (Å²) in [6.45, 7) is 8.97. The second-order valence-electron chi connectivity index (χ2n) is 8.37. The first-order valence-electron chi connectivity index (χ1n) is 10.6. The molecule has 1 aromatic rings. The highest BCUT2D eigenvalue weighted by Crippen LogP contribution is 2.31. The molecule has 2 aliphatic heterocycles. The summed E-state index contributed by atoms with van der Waals surface area (Å²) in [7, 11) is 0.